The van der Waals surface area contributed by atoms with Gasteiger partial charge < -0.3 is 11.1 Å². The molecule has 0 aliphatic heterocycles. The molecule has 0 aliphatic rings. The molecular formula is C14H17N3OS2. The lowest BCUT2D eigenvalue weighted by molar-refractivity contribution is -0.121. The number of nitrogens with zero attached hydrogens (tertiary/aromatic N) is 1. The molecule has 0 saturated carbocycles. The van der Waals surface area contributed by atoms with Crippen LogP contribution in [0.3, 0.4) is 0 Å². The number of benzene rings is 1. The molecule has 0 fully saturated rings. The Labute approximate surface area is 126 Å². The van der Waals surface area contributed by atoms with Crippen molar-refractivity contribution in [2.75, 3.05) is 12.0 Å². The second-order valence-corrected chi connectivity index (χ2v) is 6.19. The molecule has 1 aromatic carbocycles. The van der Waals surface area contributed by atoms with Crippen LogP contribution in [-0.2, 0) is 11.2 Å². The lowest BCUT2D eigenvalue weighted by atomic mass is 10.1. The summed E-state index contributed by atoms with van der Waals surface area (Å²) >= 11 is 3.05. The van der Waals surface area contributed by atoms with Gasteiger partial charge in [0.1, 0.15) is 0 Å². The van der Waals surface area contributed by atoms with Crippen LogP contribution in [0.25, 0.3) is 0 Å². The fraction of sp³-hybridized carbons (Fsp3) is 0.286. The number of rotatable bonds is 5. The zero-order valence-corrected chi connectivity index (χ0v) is 13.1. The average molecular weight is 307 g/mol. The van der Waals surface area contributed by atoms with Gasteiger partial charge >= 0.3 is 0 Å². The Bertz CT molecular complexity index is 580. The Balaban J connectivity index is 1.92. The van der Waals surface area contributed by atoms with Crippen molar-refractivity contribution in [1.82, 2.24) is 10.3 Å². The molecule has 2 rings (SSSR count). The van der Waals surface area contributed by atoms with Gasteiger partial charge in [0.25, 0.3) is 0 Å². The third kappa shape index (κ3) is 3.98. The molecule has 1 aromatic heterocycles. The van der Waals surface area contributed by atoms with E-state index in [2.05, 4.69) is 22.4 Å². The van der Waals surface area contributed by atoms with E-state index in [-0.39, 0.29) is 18.4 Å². The van der Waals surface area contributed by atoms with Gasteiger partial charge in [0.15, 0.2) is 5.13 Å². The maximum atomic E-state index is 11.9. The zero-order valence-electron chi connectivity index (χ0n) is 11.4. The highest BCUT2D eigenvalue weighted by molar-refractivity contribution is 7.98. The van der Waals surface area contributed by atoms with E-state index in [1.807, 2.05) is 30.7 Å². The maximum absolute atomic E-state index is 11.9. The van der Waals surface area contributed by atoms with Crippen molar-refractivity contribution in [2.45, 2.75) is 24.3 Å². The van der Waals surface area contributed by atoms with E-state index in [0.717, 1.165) is 11.3 Å². The van der Waals surface area contributed by atoms with Crippen molar-refractivity contribution >= 4 is 34.1 Å². The summed E-state index contributed by atoms with van der Waals surface area (Å²) in [5, 5.41) is 5.28. The predicted molar refractivity (Wildman–Crippen MR) is 85.0 cm³/mol. The van der Waals surface area contributed by atoms with Crippen molar-refractivity contribution in [3.8, 4) is 0 Å². The number of nitrogens with one attached hydrogen (secondary N) is 1. The highest BCUT2D eigenvalue weighted by Crippen LogP contribution is 2.19. The Kier molecular flexibility index (Phi) is 5.03. The van der Waals surface area contributed by atoms with Crippen LogP contribution in [0, 0.1) is 0 Å². The Morgan fingerprint density at radius 1 is 1.45 bits per heavy atom. The summed E-state index contributed by atoms with van der Waals surface area (Å²) in [5.74, 6) is -0.0447. The number of carbonyl (C=O) groups is 1. The van der Waals surface area contributed by atoms with Crippen LogP contribution in [0.15, 0.2) is 34.5 Å². The number of thiazole rings is 1. The zero-order chi connectivity index (χ0) is 14.5. The smallest absolute Gasteiger partial charge is 0.226 e. The van der Waals surface area contributed by atoms with E-state index in [4.69, 9.17) is 5.73 Å². The summed E-state index contributed by atoms with van der Waals surface area (Å²) in [6.07, 6.45) is 2.31. The van der Waals surface area contributed by atoms with E-state index in [1.54, 1.807) is 11.8 Å². The van der Waals surface area contributed by atoms with E-state index in [1.165, 1.54) is 16.2 Å². The maximum Gasteiger partial charge on any atom is 0.226 e. The summed E-state index contributed by atoms with van der Waals surface area (Å²) < 4.78 is 0. The normalized spacial score (nSPS) is 12.1. The minimum Gasteiger partial charge on any atom is -0.375 e. The Hall–Kier alpha value is -1.53. The number of aromatic nitrogens is 1. The Morgan fingerprint density at radius 2 is 2.15 bits per heavy atom. The lowest BCUT2D eigenvalue weighted by Crippen LogP contribution is -2.28. The second-order valence-electron chi connectivity index (χ2n) is 4.42. The van der Waals surface area contributed by atoms with Crippen molar-refractivity contribution < 1.29 is 4.79 Å². The average Bonchev–Trinajstić information content (AvgIpc) is 2.84. The standard InChI is InChI=1S/C14H17N3OS2/c1-9(10-3-5-12(19-2)6-4-10)16-13(18)7-11-8-20-14(15)17-11/h3-6,8-9H,7H2,1-2H3,(H2,15,17)(H,16,18). The first kappa shape index (κ1) is 14.9. The summed E-state index contributed by atoms with van der Waals surface area (Å²) in [6, 6.07) is 8.18. The van der Waals surface area contributed by atoms with Crippen LogP contribution in [0.5, 0.6) is 0 Å². The van der Waals surface area contributed by atoms with Crippen LogP contribution in [0.4, 0.5) is 5.13 Å². The molecule has 0 radical (unpaired) electrons. The fourth-order valence-electron chi connectivity index (χ4n) is 1.84. The molecule has 6 heteroatoms. The summed E-state index contributed by atoms with van der Waals surface area (Å²) in [6.45, 7) is 1.97. The third-order valence-electron chi connectivity index (χ3n) is 2.90. The molecule has 0 aliphatic carbocycles. The van der Waals surface area contributed by atoms with Gasteiger partial charge in [0, 0.05) is 10.3 Å². The number of hydrogen-bond donors (Lipinski definition) is 2. The van der Waals surface area contributed by atoms with Gasteiger partial charge in [-0.2, -0.15) is 0 Å². The summed E-state index contributed by atoms with van der Waals surface area (Å²) in [4.78, 5) is 17.2. The number of thioether (sulfide) groups is 1. The van der Waals surface area contributed by atoms with E-state index in [0.29, 0.717) is 5.13 Å². The number of hydrogen-bond acceptors (Lipinski definition) is 5. The number of anilines is 1. The van der Waals surface area contributed by atoms with Crippen LogP contribution < -0.4 is 11.1 Å². The first-order valence-corrected chi connectivity index (χ1v) is 8.32. The van der Waals surface area contributed by atoms with E-state index in [9.17, 15) is 4.79 Å². The highest BCUT2D eigenvalue weighted by atomic mass is 32.2. The van der Waals surface area contributed by atoms with E-state index < -0.39 is 0 Å². The predicted octanol–water partition coefficient (Wildman–Crippen LogP) is 2.87. The first-order chi connectivity index (χ1) is 9.58. The lowest BCUT2D eigenvalue weighted by Gasteiger charge is -2.14. The molecule has 20 heavy (non-hydrogen) atoms. The van der Waals surface area contributed by atoms with Crippen molar-refractivity contribution in [1.29, 1.82) is 0 Å². The molecule has 1 amide bonds. The number of carbonyl (C=O) groups excluding carboxylic acids is 1. The molecule has 0 spiro atoms. The number of amides is 1. The van der Waals surface area contributed by atoms with Gasteiger partial charge in [-0.15, -0.1) is 23.1 Å². The van der Waals surface area contributed by atoms with E-state index >= 15 is 0 Å². The van der Waals surface area contributed by atoms with Gasteiger partial charge in [-0.05, 0) is 30.9 Å². The van der Waals surface area contributed by atoms with Crippen LogP contribution in [-0.4, -0.2) is 17.1 Å². The molecule has 3 N–H and O–H groups in total. The number of nitrogens with two attached hydrogens (primary N) is 1. The highest BCUT2D eigenvalue weighted by Gasteiger charge is 2.11. The van der Waals surface area contributed by atoms with Crippen molar-refractivity contribution in [3.63, 3.8) is 0 Å². The largest absolute Gasteiger partial charge is 0.375 e. The molecule has 1 unspecified atom stereocenters. The summed E-state index contributed by atoms with van der Waals surface area (Å²) in [7, 11) is 0. The molecule has 1 heterocycles. The third-order valence-corrected chi connectivity index (χ3v) is 4.37. The fourth-order valence-corrected chi connectivity index (χ4v) is 2.81. The van der Waals surface area contributed by atoms with Crippen molar-refractivity contribution in [3.05, 3.63) is 40.9 Å². The van der Waals surface area contributed by atoms with Gasteiger partial charge in [-0.1, -0.05) is 12.1 Å². The molecule has 4 nitrogen and oxygen atoms in total. The van der Waals surface area contributed by atoms with Crippen molar-refractivity contribution in [2.24, 2.45) is 0 Å². The van der Waals surface area contributed by atoms with Crippen LogP contribution >= 0.6 is 23.1 Å². The monoisotopic (exact) mass is 307 g/mol. The van der Waals surface area contributed by atoms with Crippen LogP contribution in [0.1, 0.15) is 24.2 Å². The second kappa shape index (κ2) is 6.76. The minimum absolute atomic E-state index is 0.0191. The molecule has 0 bridgehead atoms. The van der Waals surface area contributed by atoms with Gasteiger partial charge in [-0.25, -0.2) is 4.98 Å². The van der Waals surface area contributed by atoms with Gasteiger partial charge in [-0.3, -0.25) is 4.79 Å². The van der Waals surface area contributed by atoms with Gasteiger partial charge in [0.05, 0.1) is 18.2 Å². The SMILES string of the molecule is CSc1ccc(C(C)NC(=O)Cc2csc(N)n2)cc1. The molecule has 0 saturated heterocycles. The van der Waals surface area contributed by atoms with Crippen LogP contribution in [0.2, 0.25) is 0 Å². The first-order valence-electron chi connectivity index (χ1n) is 6.21. The molecule has 1 atom stereocenters. The van der Waals surface area contributed by atoms with Gasteiger partial charge in [0.2, 0.25) is 5.91 Å². The quantitative estimate of drug-likeness (QED) is 0.834. The topological polar surface area (TPSA) is 68.0 Å². The minimum atomic E-state index is -0.0447. The molecular weight excluding hydrogens is 290 g/mol. The molecule has 106 valence electrons. The Morgan fingerprint density at radius 3 is 2.70 bits per heavy atom. The molecule has 2 aromatic rings. The summed E-state index contributed by atoms with van der Waals surface area (Å²) in [5.41, 5.74) is 7.36. The number of nitrogen functional groups attached to an aromatic ring is 1.